The molecule has 0 aliphatic heterocycles. The number of nitriles is 1. The number of rotatable bonds is 18. The maximum absolute atomic E-state index is 15.1. The van der Waals surface area contributed by atoms with Gasteiger partial charge in [-0.25, -0.2) is 4.39 Å². The summed E-state index contributed by atoms with van der Waals surface area (Å²) in [6, 6.07) is 16.9. The Balaban J connectivity index is 2.45. The van der Waals surface area contributed by atoms with E-state index in [0.717, 1.165) is 17.3 Å². The van der Waals surface area contributed by atoms with Crippen LogP contribution in [0.4, 0.5) is 4.39 Å². The van der Waals surface area contributed by atoms with Gasteiger partial charge in [-0.05, 0) is 31.7 Å². The van der Waals surface area contributed by atoms with Gasteiger partial charge in [0.25, 0.3) is 5.91 Å². The van der Waals surface area contributed by atoms with Gasteiger partial charge in [-0.3, -0.25) is 9.36 Å². The van der Waals surface area contributed by atoms with Crippen molar-refractivity contribution in [3.8, 4) is 6.07 Å². The molecule has 9 nitrogen and oxygen atoms in total. The fraction of sp³-hybridized carbons (Fsp3) is 0.407. The second-order valence-corrected chi connectivity index (χ2v) is 10.8. The van der Waals surface area contributed by atoms with Gasteiger partial charge in [-0.1, -0.05) is 48.5 Å². The standard InChI is InChI=1S/C27H35FN3O6PS/c1-4-34-15-17-36-38(33,37-18-16-35-5-2)26(22-13-9-10-14-24(22)28)31-27(39-3)23(19-29)25(32)30-20-21-11-7-6-8-12-21/h6-14,26,31H,4-5,15-18,20H2,1-3H3,(H,30,32)/b27-23+. The first-order chi connectivity index (χ1) is 18.9. The van der Waals surface area contributed by atoms with E-state index < -0.39 is 25.1 Å². The van der Waals surface area contributed by atoms with Crippen LogP contribution in [-0.4, -0.2) is 51.8 Å². The molecule has 0 bridgehead atoms. The van der Waals surface area contributed by atoms with E-state index in [4.69, 9.17) is 18.5 Å². The minimum Gasteiger partial charge on any atom is -0.379 e. The third-order valence-electron chi connectivity index (χ3n) is 5.26. The predicted octanol–water partition coefficient (Wildman–Crippen LogP) is 5.13. The lowest BCUT2D eigenvalue weighted by atomic mass is 10.2. The molecule has 39 heavy (non-hydrogen) atoms. The van der Waals surface area contributed by atoms with Gasteiger partial charge in [-0.15, -0.1) is 11.8 Å². The number of carbonyl (C=O) groups excluding carboxylic acids is 1. The van der Waals surface area contributed by atoms with Gasteiger partial charge in [-0.2, -0.15) is 5.26 Å². The van der Waals surface area contributed by atoms with Crippen LogP contribution in [0.2, 0.25) is 0 Å². The molecule has 0 aliphatic rings. The Morgan fingerprint density at radius 3 is 2.13 bits per heavy atom. The molecule has 1 atom stereocenters. The second kappa shape index (κ2) is 17.8. The van der Waals surface area contributed by atoms with Gasteiger partial charge < -0.3 is 29.2 Å². The minimum absolute atomic E-state index is 0.0119. The number of nitrogens with one attached hydrogen (secondary N) is 2. The van der Waals surface area contributed by atoms with Gasteiger partial charge in [0.15, 0.2) is 5.78 Å². The number of amides is 1. The highest BCUT2D eigenvalue weighted by molar-refractivity contribution is 8.02. The third-order valence-corrected chi connectivity index (χ3v) is 8.11. The van der Waals surface area contributed by atoms with Crippen LogP contribution < -0.4 is 10.6 Å². The van der Waals surface area contributed by atoms with E-state index in [1.54, 1.807) is 12.3 Å². The molecule has 1 amide bonds. The number of carbonyl (C=O) groups is 1. The van der Waals surface area contributed by atoms with E-state index in [-0.39, 0.29) is 49.1 Å². The summed E-state index contributed by atoms with van der Waals surface area (Å²) in [5.41, 5.74) is 0.582. The van der Waals surface area contributed by atoms with Crippen LogP contribution >= 0.6 is 19.4 Å². The zero-order valence-corrected chi connectivity index (χ0v) is 24.1. The molecule has 0 saturated carbocycles. The molecular formula is C27H35FN3O6PS. The number of halogens is 1. The molecule has 12 heteroatoms. The molecule has 2 rings (SSSR count). The molecule has 0 heterocycles. The molecule has 2 aromatic carbocycles. The average Bonchev–Trinajstić information content (AvgIpc) is 2.95. The van der Waals surface area contributed by atoms with E-state index in [1.165, 1.54) is 18.2 Å². The van der Waals surface area contributed by atoms with Crippen molar-refractivity contribution in [1.29, 1.82) is 5.26 Å². The zero-order valence-electron chi connectivity index (χ0n) is 22.4. The number of nitrogens with zero attached hydrogens (tertiary/aromatic N) is 1. The molecule has 212 valence electrons. The maximum atomic E-state index is 15.1. The third kappa shape index (κ3) is 10.4. The van der Waals surface area contributed by atoms with Crippen LogP contribution in [0.25, 0.3) is 0 Å². The van der Waals surface area contributed by atoms with Crippen molar-refractivity contribution < 1.29 is 32.3 Å². The monoisotopic (exact) mass is 579 g/mol. The lowest BCUT2D eigenvalue weighted by Gasteiger charge is -2.29. The number of ether oxygens (including phenoxy) is 2. The van der Waals surface area contributed by atoms with Crippen molar-refractivity contribution in [3.63, 3.8) is 0 Å². The fourth-order valence-corrected chi connectivity index (χ4v) is 5.91. The summed E-state index contributed by atoms with van der Waals surface area (Å²) in [6.45, 7) is 4.76. The molecule has 0 aromatic heterocycles. The fourth-order valence-electron chi connectivity index (χ4n) is 3.37. The molecule has 2 aromatic rings. The molecule has 0 aliphatic carbocycles. The number of benzene rings is 2. The molecule has 1 unspecified atom stereocenters. The Labute approximate surface area is 233 Å². The van der Waals surface area contributed by atoms with E-state index in [1.807, 2.05) is 50.2 Å². The van der Waals surface area contributed by atoms with E-state index >= 15 is 4.39 Å². The van der Waals surface area contributed by atoms with Crippen molar-refractivity contribution >= 4 is 25.3 Å². The summed E-state index contributed by atoms with van der Waals surface area (Å²) in [6.07, 6.45) is 1.64. The number of hydrogen-bond acceptors (Lipinski definition) is 9. The average molecular weight is 580 g/mol. The SMILES string of the molecule is CCOCCOP(=O)(OCCOCC)C(N/C(SC)=C(/C#N)C(=O)NCc1ccccc1)c1ccccc1F. The van der Waals surface area contributed by atoms with Gasteiger partial charge in [0.05, 0.1) is 31.5 Å². The second-order valence-electron chi connectivity index (χ2n) is 7.86. The Bertz CT molecular complexity index is 1150. The maximum Gasteiger partial charge on any atom is 0.357 e. The van der Waals surface area contributed by atoms with Crippen molar-refractivity contribution in [3.05, 3.63) is 82.1 Å². The van der Waals surface area contributed by atoms with E-state index in [0.29, 0.717) is 13.2 Å². The topological polar surface area (TPSA) is 119 Å². The van der Waals surface area contributed by atoms with Gasteiger partial charge in [0, 0.05) is 25.3 Å². The Kier molecular flexibility index (Phi) is 14.8. The molecule has 0 saturated heterocycles. The van der Waals surface area contributed by atoms with Crippen LogP contribution in [0.5, 0.6) is 0 Å². The van der Waals surface area contributed by atoms with Crippen LogP contribution in [0.3, 0.4) is 0 Å². The zero-order chi connectivity index (χ0) is 28.5. The summed E-state index contributed by atoms with van der Waals surface area (Å²) in [7, 11) is -4.17. The highest BCUT2D eigenvalue weighted by atomic mass is 32.2. The van der Waals surface area contributed by atoms with Crippen LogP contribution in [0.1, 0.15) is 30.8 Å². The molecule has 2 N–H and O–H groups in total. The summed E-state index contributed by atoms with van der Waals surface area (Å²) < 4.78 is 51.3. The summed E-state index contributed by atoms with van der Waals surface area (Å²) in [5, 5.41) is 15.6. The smallest absolute Gasteiger partial charge is 0.357 e. The highest BCUT2D eigenvalue weighted by Gasteiger charge is 2.40. The lowest BCUT2D eigenvalue weighted by molar-refractivity contribution is -0.117. The van der Waals surface area contributed by atoms with Crippen molar-refractivity contribution in [2.45, 2.75) is 26.2 Å². The molecule has 0 fully saturated rings. The Morgan fingerprint density at radius 2 is 1.59 bits per heavy atom. The first kappa shape index (κ1) is 32.5. The molecule has 0 spiro atoms. The van der Waals surface area contributed by atoms with Crippen LogP contribution in [0.15, 0.2) is 65.2 Å². The number of hydrogen-bond donors (Lipinski definition) is 2. The summed E-state index contributed by atoms with van der Waals surface area (Å²) in [4.78, 5) is 13.0. The van der Waals surface area contributed by atoms with Crippen molar-refractivity contribution in [2.24, 2.45) is 0 Å². The molecule has 0 radical (unpaired) electrons. The first-order valence-corrected chi connectivity index (χ1v) is 15.3. The minimum atomic E-state index is -4.17. The quantitative estimate of drug-likeness (QED) is 0.107. The van der Waals surface area contributed by atoms with Gasteiger partial charge in [0.1, 0.15) is 17.5 Å². The van der Waals surface area contributed by atoms with E-state index in [9.17, 15) is 14.6 Å². The summed E-state index contributed by atoms with van der Waals surface area (Å²) >= 11 is 1.04. The van der Waals surface area contributed by atoms with E-state index in [2.05, 4.69) is 10.6 Å². The Hall–Kier alpha value is -2.71. The number of thioether (sulfide) groups is 1. The van der Waals surface area contributed by atoms with Crippen molar-refractivity contribution in [1.82, 2.24) is 10.6 Å². The highest BCUT2D eigenvalue weighted by Crippen LogP contribution is 2.60. The normalized spacial score (nSPS) is 12.8. The van der Waals surface area contributed by atoms with Crippen LogP contribution in [-0.2, 0) is 34.4 Å². The predicted molar refractivity (Wildman–Crippen MR) is 149 cm³/mol. The van der Waals surface area contributed by atoms with Crippen LogP contribution in [0, 0.1) is 17.1 Å². The Morgan fingerprint density at radius 1 is 1.00 bits per heavy atom. The van der Waals surface area contributed by atoms with Crippen molar-refractivity contribution in [2.75, 3.05) is 45.9 Å². The summed E-state index contributed by atoms with van der Waals surface area (Å²) in [5.74, 6) is -2.69. The van der Waals surface area contributed by atoms with Gasteiger partial charge in [0.2, 0.25) is 0 Å². The molecular weight excluding hydrogens is 544 g/mol. The van der Waals surface area contributed by atoms with Gasteiger partial charge >= 0.3 is 7.60 Å². The largest absolute Gasteiger partial charge is 0.379 e. The lowest BCUT2D eigenvalue weighted by Crippen LogP contribution is -2.29. The first-order valence-electron chi connectivity index (χ1n) is 12.5.